The molecule has 0 aromatic carbocycles. The Morgan fingerprint density at radius 3 is 1.30 bits per heavy atom. The Kier molecular flexibility index (Phi) is 9.02. The standard InChI is InChI=1S/C8H18N.Na/c1-6-9(7(2)3)8(4)5;/h6-8H,1-5H3;/q-1;+1. The van der Waals surface area contributed by atoms with Crippen LogP contribution in [0.3, 0.4) is 0 Å². The molecule has 0 aliphatic heterocycles. The first-order valence-electron chi connectivity index (χ1n) is 3.66. The molecule has 0 bridgehead atoms. The number of hydrogen-bond acceptors (Lipinski definition) is 1. The van der Waals surface area contributed by atoms with Gasteiger partial charge in [-0.2, -0.15) is 6.92 Å². The van der Waals surface area contributed by atoms with Gasteiger partial charge < -0.3 is 4.90 Å². The van der Waals surface area contributed by atoms with Crippen LogP contribution in [-0.2, 0) is 0 Å². The van der Waals surface area contributed by atoms with E-state index in [9.17, 15) is 0 Å². The molecule has 0 amide bonds. The van der Waals surface area contributed by atoms with Crippen LogP contribution in [-0.4, -0.2) is 17.0 Å². The van der Waals surface area contributed by atoms with Crippen molar-refractivity contribution in [2.75, 3.05) is 0 Å². The van der Waals surface area contributed by atoms with E-state index in [1.54, 1.807) is 0 Å². The number of hydrogen-bond donors (Lipinski definition) is 0. The monoisotopic (exact) mass is 151 g/mol. The molecule has 0 atom stereocenters. The summed E-state index contributed by atoms with van der Waals surface area (Å²) in [6.45, 7) is 13.1. The maximum Gasteiger partial charge on any atom is 1.00 e. The second-order valence-electron chi connectivity index (χ2n) is 2.89. The minimum atomic E-state index is 0. The molecule has 0 rings (SSSR count). The van der Waals surface area contributed by atoms with Crippen LogP contribution in [0.2, 0.25) is 0 Å². The van der Waals surface area contributed by atoms with Gasteiger partial charge >= 0.3 is 29.6 Å². The molecule has 1 nitrogen and oxygen atoms in total. The first-order chi connectivity index (χ1) is 4.09. The van der Waals surface area contributed by atoms with E-state index in [-0.39, 0.29) is 29.6 Å². The van der Waals surface area contributed by atoms with Gasteiger partial charge in [0.25, 0.3) is 0 Å². The van der Waals surface area contributed by atoms with E-state index in [2.05, 4.69) is 46.1 Å². The first-order valence-corrected chi connectivity index (χ1v) is 3.66. The predicted octanol–water partition coefficient (Wildman–Crippen LogP) is -0.709. The summed E-state index contributed by atoms with van der Waals surface area (Å²) in [4.78, 5) is 2.33. The molecule has 2 heteroatoms. The van der Waals surface area contributed by atoms with Crippen LogP contribution in [0.4, 0.5) is 0 Å². The van der Waals surface area contributed by atoms with Crippen LogP contribution in [0.5, 0.6) is 0 Å². The summed E-state index contributed by atoms with van der Waals surface area (Å²) in [5.41, 5.74) is 0. The zero-order valence-corrected chi connectivity index (χ0v) is 10.2. The van der Waals surface area contributed by atoms with Crippen molar-refractivity contribution in [3.05, 3.63) is 6.54 Å². The third-order valence-electron chi connectivity index (χ3n) is 1.49. The quantitative estimate of drug-likeness (QED) is 0.380. The molecule has 0 unspecified atom stereocenters. The zero-order chi connectivity index (χ0) is 7.44. The summed E-state index contributed by atoms with van der Waals surface area (Å²) < 4.78 is 0. The number of nitrogens with zero attached hydrogens (tertiary/aromatic N) is 1. The van der Waals surface area contributed by atoms with Gasteiger partial charge in [-0.05, 0) is 12.1 Å². The topological polar surface area (TPSA) is 3.24 Å². The van der Waals surface area contributed by atoms with E-state index < -0.39 is 0 Å². The Morgan fingerprint density at radius 2 is 1.30 bits per heavy atom. The van der Waals surface area contributed by atoms with Crippen molar-refractivity contribution in [3.8, 4) is 0 Å². The summed E-state index contributed by atoms with van der Waals surface area (Å²) in [5, 5.41) is 0. The minimum Gasteiger partial charge on any atom is -0.452 e. The molecule has 0 spiro atoms. The Balaban J connectivity index is 0. The third kappa shape index (κ3) is 4.73. The largest absolute Gasteiger partial charge is 1.00 e. The Hall–Kier alpha value is 0.960. The molecule has 0 aliphatic rings. The molecule has 0 heterocycles. The number of rotatable bonds is 3. The van der Waals surface area contributed by atoms with Crippen molar-refractivity contribution in [1.29, 1.82) is 0 Å². The van der Waals surface area contributed by atoms with Crippen LogP contribution in [0, 0.1) is 6.54 Å². The molecule has 0 fully saturated rings. The molecule has 0 aromatic rings. The van der Waals surface area contributed by atoms with Crippen molar-refractivity contribution in [1.82, 2.24) is 4.90 Å². The maximum absolute atomic E-state index is 2.33. The predicted molar refractivity (Wildman–Crippen MR) is 42.1 cm³/mol. The van der Waals surface area contributed by atoms with Crippen molar-refractivity contribution in [3.63, 3.8) is 0 Å². The first kappa shape index (κ1) is 13.5. The van der Waals surface area contributed by atoms with Crippen LogP contribution >= 0.6 is 0 Å². The molecule has 0 aliphatic carbocycles. The normalized spacial score (nSPS) is 10.8. The molecular weight excluding hydrogens is 133 g/mol. The zero-order valence-electron chi connectivity index (χ0n) is 8.18. The summed E-state index contributed by atoms with van der Waals surface area (Å²) in [5.74, 6) is 0. The van der Waals surface area contributed by atoms with E-state index in [4.69, 9.17) is 0 Å². The molecule has 0 saturated heterocycles. The van der Waals surface area contributed by atoms with Gasteiger partial charge in [-0.25, -0.2) is 0 Å². The molecule has 0 N–H and O–H groups in total. The average molecular weight is 151 g/mol. The van der Waals surface area contributed by atoms with Crippen molar-refractivity contribution in [2.45, 2.75) is 46.7 Å². The molecule has 10 heavy (non-hydrogen) atoms. The average Bonchev–Trinajstić information content (AvgIpc) is 1.64. The Morgan fingerprint density at radius 1 is 1.00 bits per heavy atom. The van der Waals surface area contributed by atoms with Crippen LogP contribution < -0.4 is 29.6 Å². The fourth-order valence-electron chi connectivity index (χ4n) is 1.19. The molecule has 0 radical (unpaired) electrons. The summed E-state index contributed by atoms with van der Waals surface area (Å²) >= 11 is 0. The second kappa shape index (κ2) is 6.66. The van der Waals surface area contributed by atoms with Gasteiger partial charge in [-0.1, -0.05) is 27.7 Å². The van der Waals surface area contributed by atoms with E-state index in [0.717, 1.165) is 0 Å². The summed E-state index contributed by atoms with van der Waals surface area (Å²) in [6.07, 6.45) is 0. The van der Waals surface area contributed by atoms with Crippen LogP contribution in [0.25, 0.3) is 0 Å². The fraction of sp³-hybridized carbons (Fsp3) is 0.875. The van der Waals surface area contributed by atoms with Crippen LogP contribution in [0.15, 0.2) is 0 Å². The summed E-state index contributed by atoms with van der Waals surface area (Å²) in [7, 11) is 0. The molecular formula is C8H18NNa. The fourth-order valence-corrected chi connectivity index (χ4v) is 1.19. The summed E-state index contributed by atoms with van der Waals surface area (Å²) in [6, 6.07) is 1.27. The Labute approximate surface area is 87.5 Å². The van der Waals surface area contributed by atoms with Gasteiger partial charge in [-0.15, -0.1) is 0 Å². The van der Waals surface area contributed by atoms with E-state index in [1.807, 2.05) is 0 Å². The molecule has 56 valence electrons. The van der Waals surface area contributed by atoms with E-state index in [0.29, 0.717) is 12.1 Å². The molecule has 0 aromatic heterocycles. The van der Waals surface area contributed by atoms with Crippen molar-refractivity contribution < 1.29 is 29.6 Å². The van der Waals surface area contributed by atoms with Crippen molar-refractivity contribution >= 4 is 0 Å². The van der Waals surface area contributed by atoms with E-state index in [1.165, 1.54) is 0 Å². The second-order valence-corrected chi connectivity index (χ2v) is 2.89. The third-order valence-corrected chi connectivity index (χ3v) is 1.49. The van der Waals surface area contributed by atoms with Crippen molar-refractivity contribution in [2.24, 2.45) is 0 Å². The molecule has 0 saturated carbocycles. The Bertz CT molecular complexity index is 63.7. The van der Waals surface area contributed by atoms with Gasteiger partial charge in [-0.3, -0.25) is 6.54 Å². The minimum absolute atomic E-state index is 0. The van der Waals surface area contributed by atoms with Gasteiger partial charge in [0.1, 0.15) is 0 Å². The van der Waals surface area contributed by atoms with Crippen LogP contribution in [0.1, 0.15) is 34.6 Å². The maximum atomic E-state index is 2.33. The van der Waals surface area contributed by atoms with Gasteiger partial charge in [0.2, 0.25) is 0 Å². The van der Waals surface area contributed by atoms with E-state index >= 15 is 0 Å². The van der Waals surface area contributed by atoms with Gasteiger partial charge in [0, 0.05) is 0 Å². The van der Waals surface area contributed by atoms with Gasteiger partial charge in [0.05, 0.1) is 0 Å². The smallest absolute Gasteiger partial charge is 0.452 e. The van der Waals surface area contributed by atoms with Gasteiger partial charge in [0.15, 0.2) is 0 Å². The SMILES string of the molecule is C[CH-]N(C(C)C)C(C)C.[Na+].